The monoisotopic (exact) mass is 445 g/mol. The molecule has 6 rings (SSSR count). The second-order valence-electron chi connectivity index (χ2n) is 10.1. The number of nitrogens with one attached hydrogen (secondary N) is 1. The molecule has 9 heteroatoms. The molecule has 0 aliphatic heterocycles. The van der Waals surface area contributed by atoms with Crippen molar-refractivity contribution in [1.82, 2.24) is 5.32 Å². The number of hydrogen-bond donors (Lipinski definition) is 3. The summed E-state index contributed by atoms with van der Waals surface area (Å²) in [6.45, 7) is 0. The van der Waals surface area contributed by atoms with Crippen LogP contribution in [0.1, 0.15) is 51.4 Å². The van der Waals surface area contributed by atoms with Gasteiger partial charge in [-0.3, -0.25) is 18.1 Å². The average molecular weight is 446 g/mol. The summed E-state index contributed by atoms with van der Waals surface area (Å²) in [5.74, 6) is 0.461. The third kappa shape index (κ3) is 3.08. The molecule has 8 nitrogen and oxygen atoms in total. The van der Waals surface area contributed by atoms with Gasteiger partial charge in [0.25, 0.3) is 0 Å². The minimum absolute atomic E-state index is 0.0379. The highest BCUT2D eigenvalue weighted by Gasteiger charge is 2.59. The van der Waals surface area contributed by atoms with Crippen molar-refractivity contribution in [2.75, 3.05) is 10.0 Å². The number of carbonyl (C=O) groups excluding carboxylic acids is 2. The summed E-state index contributed by atoms with van der Waals surface area (Å²) in [6.07, 6.45) is 5.98. The van der Waals surface area contributed by atoms with Gasteiger partial charge in [0.05, 0.1) is 11.4 Å². The van der Waals surface area contributed by atoms with Crippen LogP contribution in [0.2, 0.25) is 0 Å². The highest BCUT2D eigenvalue weighted by molar-refractivity contribution is 7.80. The summed E-state index contributed by atoms with van der Waals surface area (Å²) >= 11 is -2.65. The molecule has 0 radical (unpaired) electrons. The van der Waals surface area contributed by atoms with Crippen molar-refractivity contribution < 1.29 is 18.4 Å². The van der Waals surface area contributed by atoms with Crippen LogP contribution in [0.15, 0.2) is 24.3 Å². The molecule has 1 aromatic rings. The molecule has 1 aromatic carbocycles. The van der Waals surface area contributed by atoms with Crippen molar-refractivity contribution in [2.45, 2.75) is 62.9 Å². The summed E-state index contributed by atoms with van der Waals surface area (Å²) in [6, 6.07) is 6.70. The van der Waals surface area contributed by atoms with Gasteiger partial charge in [0, 0.05) is 22.7 Å². The quantitative estimate of drug-likeness (QED) is 0.450. The lowest BCUT2D eigenvalue weighted by Gasteiger charge is -2.59. The number of rotatable bonds is 6. The molecule has 0 saturated heterocycles. The van der Waals surface area contributed by atoms with Gasteiger partial charge >= 0.3 is 0 Å². The van der Waals surface area contributed by atoms with Crippen LogP contribution in [-0.2, 0) is 20.9 Å². The molecule has 0 heterocycles. The van der Waals surface area contributed by atoms with Crippen molar-refractivity contribution in [3.63, 3.8) is 0 Å². The maximum absolute atomic E-state index is 13.6. The zero-order valence-corrected chi connectivity index (χ0v) is 18.2. The maximum atomic E-state index is 13.6. The van der Waals surface area contributed by atoms with E-state index in [1.54, 1.807) is 24.3 Å². The number of carbonyl (C=O) groups is 2. The zero-order valence-electron chi connectivity index (χ0n) is 17.4. The molecule has 2 amide bonds. The first-order chi connectivity index (χ1) is 14.8. The lowest BCUT2D eigenvalue weighted by Crippen LogP contribution is -2.68. The second kappa shape index (κ2) is 7.20. The van der Waals surface area contributed by atoms with E-state index in [1.807, 2.05) is 0 Å². The van der Waals surface area contributed by atoms with E-state index in [4.69, 9.17) is 11.5 Å². The lowest BCUT2D eigenvalue weighted by atomic mass is 9.47. The molecule has 168 valence electrons. The molecule has 3 unspecified atom stereocenters. The Kier molecular flexibility index (Phi) is 4.82. The van der Waals surface area contributed by atoms with Gasteiger partial charge < -0.3 is 21.3 Å². The van der Waals surface area contributed by atoms with Crippen LogP contribution in [0.3, 0.4) is 0 Å². The van der Waals surface area contributed by atoms with E-state index in [9.17, 15) is 18.4 Å². The summed E-state index contributed by atoms with van der Waals surface area (Å²) in [5, 5.41) is 3.24. The van der Waals surface area contributed by atoms with Gasteiger partial charge in [0.15, 0.2) is 0 Å². The molecule has 0 aromatic heterocycles. The minimum Gasteiger partial charge on any atom is -0.755 e. The first-order valence-electron chi connectivity index (χ1n) is 11.1. The Morgan fingerprint density at radius 3 is 2.29 bits per heavy atom. The van der Waals surface area contributed by atoms with E-state index < -0.39 is 22.2 Å². The number of hydrogen-bond acceptors (Lipinski definition) is 5. The van der Waals surface area contributed by atoms with E-state index >= 15 is 0 Å². The Morgan fingerprint density at radius 1 is 1.13 bits per heavy atom. The number of amides is 2. The smallest absolute Gasteiger partial charge is 0.247 e. The Bertz CT molecular complexity index is 933. The number of anilines is 2. The third-order valence-corrected chi connectivity index (χ3v) is 9.23. The van der Waals surface area contributed by atoms with Gasteiger partial charge in [-0.25, -0.2) is 0 Å². The van der Waals surface area contributed by atoms with Crippen LogP contribution >= 0.6 is 0 Å². The zero-order chi connectivity index (χ0) is 22.0. The lowest BCUT2D eigenvalue weighted by molar-refractivity contribution is -0.148. The van der Waals surface area contributed by atoms with Gasteiger partial charge in [-0.05, 0) is 81.3 Å². The number of nitrogens with two attached hydrogens (primary N) is 2. The molecular formula is C22H29N4O4S-. The minimum atomic E-state index is -2.65. The molecule has 5 N–H and O–H groups in total. The molecule has 5 aliphatic rings. The number of para-hydroxylation sites is 2. The topological polar surface area (TPSA) is 142 Å². The first-order valence-corrected chi connectivity index (χ1v) is 12.1. The van der Waals surface area contributed by atoms with Gasteiger partial charge in [-0.1, -0.05) is 12.1 Å². The average Bonchev–Trinajstić information content (AvgIpc) is 2.67. The molecule has 3 atom stereocenters. The summed E-state index contributed by atoms with van der Waals surface area (Å²) in [7, 11) is 0. The van der Waals surface area contributed by atoms with Crippen molar-refractivity contribution in [1.29, 1.82) is 0 Å². The molecule has 0 spiro atoms. The highest BCUT2D eigenvalue weighted by atomic mass is 32.2. The van der Waals surface area contributed by atoms with E-state index in [1.165, 1.54) is 4.31 Å². The van der Waals surface area contributed by atoms with Gasteiger partial charge in [0.2, 0.25) is 11.8 Å². The molecule has 4 bridgehead atoms. The molecular weight excluding hydrogens is 416 g/mol. The van der Waals surface area contributed by atoms with E-state index in [0.29, 0.717) is 30.1 Å². The predicted octanol–water partition coefficient (Wildman–Crippen LogP) is 1.59. The first kappa shape index (κ1) is 20.8. The summed E-state index contributed by atoms with van der Waals surface area (Å²) < 4.78 is 25.7. The maximum Gasteiger partial charge on any atom is 0.247 e. The molecule has 5 fully saturated rings. The SMILES string of the molecule is NC(=O)C12CC3CC(C1)C(NC(=O)C1(N(c4ccccc4N)S(=O)[O-])CCC1)C(C3)C2. The van der Waals surface area contributed by atoms with Gasteiger partial charge in [-0.15, -0.1) is 0 Å². The Hall–Kier alpha value is -2.13. The standard InChI is InChI=1S/C22H30N4O4S/c23-16-4-1-2-5-17(16)26(31(29)30)22(6-3-7-22)20(28)25-18-14-8-13-9-15(18)12-21(10-13,11-14)19(24)27/h1-2,4-5,13-15,18H,3,6-12,23H2,(H2,24,27)(H,25,28)(H,29,30)/p-1. The van der Waals surface area contributed by atoms with Crippen molar-refractivity contribution in [2.24, 2.45) is 28.9 Å². The van der Waals surface area contributed by atoms with Crippen LogP contribution in [0.4, 0.5) is 11.4 Å². The van der Waals surface area contributed by atoms with Crippen LogP contribution in [0.5, 0.6) is 0 Å². The highest BCUT2D eigenvalue weighted by Crippen LogP contribution is 2.60. The summed E-state index contributed by atoms with van der Waals surface area (Å²) in [5.41, 5.74) is 10.9. The van der Waals surface area contributed by atoms with E-state index in [-0.39, 0.29) is 29.7 Å². The Balaban J connectivity index is 1.41. The van der Waals surface area contributed by atoms with Crippen molar-refractivity contribution >= 4 is 34.5 Å². The van der Waals surface area contributed by atoms with Crippen molar-refractivity contribution in [3.8, 4) is 0 Å². The van der Waals surface area contributed by atoms with Gasteiger partial charge in [0.1, 0.15) is 5.54 Å². The molecule has 31 heavy (non-hydrogen) atoms. The van der Waals surface area contributed by atoms with Crippen LogP contribution < -0.4 is 21.1 Å². The van der Waals surface area contributed by atoms with Crippen LogP contribution in [0, 0.1) is 23.2 Å². The Morgan fingerprint density at radius 2 is 1.77 bits per heavy atom. The predicted molar refractivity (Wildman–Crippen MR) is 116 cm³/mol. The number of primary amides is 1. The normalized spacial score (nSPS) is 35.8. The fraction of sp³-hybridized carbons (Fsp3) is 0.636. The van der Waals surface area contributed by atoms with Crippen LogP contribution in [-0.4, -0.2) is 32.2 Å². The fourth-order valence-corrected chi connectivity index (χ4v) is 7.89. The van der Waals surface area contributed by atoms with E-state index in [2.05, 4.69) is 5.32 Å². The largest absolute Gasteiger partial charge is 0.755 e. The molecule has 5 aliphatic carbocycles. The van der Waals surface area contributed by atoms with Gasteiger partial charge in [-0.2, -0.15) is 0 Å². The third-order valence-electron chi connectivity index (χ3n) is 8.39. The Labute approximate surface area is 184 Å². The van der Waals surface area contributed by atoms with E-state index in [0.717, 1.165) is 38.5 Å². The fourth-order valence-electron chi connectivity index (χ4n) is 7.01. The number of nitrogens with zero attached hydrogens (tertiary/aromatic N) is 1. The van der Waals surface area contributed by atoms with Crippen molar-refractivity contribution in [3.05, 3.63) is 24.3 Å². The van der Waals surface area contributed by atoms with Crippen LogP contribution in [0.25, 0.3) is 0 Å². The summed E-state index contributed by atoms with van der Waals surface area (Å²) in [4.78, 5) is 25.8. The second-order valence-corrected chi connectivity index (χ2v) is 10.9. The molecule has 5 saturated carbocycles. The number of benzene rings is 1. The number of nitrogen functional groups attached to an aromatic ring is 1.